The predicted octanol–water partition coefficient (Wildman–Crippen LogP) is 4.50. The molecule has 0 amide bonds. The molecule has 0 saturated carbocycles. The number of halogens is 1. The van der Waals surface area contributed by atoms with Gasteiger partial charge < -0.3 is 19.3 Å². The van der Waals surface area contributed by atoms with E-state index in [4.69, 9.17) is 14.7 Å². The smallest absolute Gasteiger partial charge is 0.176 e. The van der Waals surface area contributed by atoms with Gasteiger partial charge in [0.2, 0.25) is 0 Å². The molecule has 0 aliphatic rings. The van der Waals surface area contributed by atoms with Crippen molar-refractivity contribution in [3.8, 4) is 40.0 Å². The number of alkyl halides is 1. The molecule has 0 bridgehead atoms. The summed E-state index contributed by atoms with van der Waals surface area (Å²) in [5.41, 5.74) is 3.05. The van der Waals surface area contributed by atoms with Crippen LogP contribution in [0.4, 0.5) is 4.39 Å². The minimum absolute atomic E-state index is 0.0521. The number of H-pyrrole nitrogens is 1. The summed E-state index contributed by atoms with van der Waals surface area (Å²) in [6.45, 7) is -0.641. The van der Waals surface area contributed by atoms with Gasteiger partial charge in [-0.05, 0) is 48.5 Å². The van der Waals surface area contributed by atoms with Crippen LogP contribution in [-0.2, 0) is 0 Å². The first-order valence-corrected chi connectivity index (χ1v) is 8.86. The lowest BCUT2D eigenvalue weighted by molar-refractivity contribution is -0.137. The number of ether oxygens (including phenoxy) is 2. The van der Waals surface area contributed by atoms with Crippen LogP contribution in [0.15, 0.2) is 54.7 Å². The highest BCUT2D eigenvalue weighted by Gasteiger charge is 2.12. The largest absolute Gasteiger partial charge is 0.493 e. The van der Waals surface area contributed by atoms with Crippen molar-refractivity contribution < 1.29 is 24.0 Å². The molecule has 0 fully saturated rings. The zero-order valence-corrected chi connectivity index (χ0v) is 15.6. The number of nitrogens with one attached hydrogen (secondary N) is 1. The van der Waals surface area contributed by atoms with Gasteiger partial charge in [-0.2, -0.15) is 0 Å². The number of fused-ring (bicyclic) bond motifs is 1. The van der Waals surface area contributed by atoms with Crippen molar-refractivity contribution in [2.45, 2.75) is 0 Å². The first-order chi connectivity index (χ1) is 14.2. The molecule has 4 rings (SSSR count). The van der Waals surface area contributed by atoms with Crippen molar-refractivity contribution in [1.29, 1.82) is 0 Å². The molecule has 0 aliphatic heterocycles. The molecule has 29 heavy (non-hydrogen) atoms. The van der Waals surface area contributed by atoms with E-state index in [-0.39, 0.29) is 6.61 Å². The Morgan fingerprint density at radius 1 is 1.07 bits per heavy atom. The van der Waals surface area contributed by atoms with Gasteiger partial charge in [-0.1, -0.05) is 0 Å². The second kappa shape index (κ2) is 8.15. The number of rotatable bonds is 7. The summed E-state index contributed by atoms with van der Waals surface area (Å²) >= 11 is 0. The fraction of sp³-hybridized carbons (Fsp3) is 0.143. The summed E-state index contributed by atoms with van der Waals surface area (Å²) in [7, 11) is 1.53. The number of methoxy groups -OCH3 is 1. The van der Waals surface area contributed by atoms with E-state index in [1.807, 2.05) is 12.1 Å². The Morgan fingerprint density at radius 3 is 2.76 bits per heavy atom. The van der Waals surface area contributed by atoms with Gasteiger partial charge in [-0.15, -0.1) is 0 Å². The summed E-state index contributed by atoms with van der Waals surface area (Å²) in [5, 5.41) is 9.68. The Balaban J connectivity index is 1.70. The van der Waals surface area contributed by atoms with Gasteiger partial charge >= 0.3 is 0 Å². The summed E-state index contributed by atoms with van der Waals surface area (Å²) in [6.07, 6.45) is 1.66. The Bertz CT molecular complexity index is 1150. The maximum atomic E-state index is 12.5. The maximum absolute atomic E-state index is 12.5. The molecule has 0 unspecified atom stereocenters. The van der Waals surface area contributed by atoms with Crippen LogP contribution in [0.3, 0.4) is 0 Å². The molecule has 0 aliphatic carbocycles. The molecule has 2 N–H and O–H groups in total. The Morgan fingerprint density at radius 2 is 1.97 bits per heavy atom. The highest BCUT2D eigenvalue weighted by molar-refractivity contribution is 5.86. The number of hydrogen-bond acceptors (Lipinski definition) is 6. The summed E-state index contributed by atoms with van der Waals surface area (Å²) < 4.78 is 23.2. The predicted molar refractivity (Wildman–Crippen MR) is 106 cm³/mol. The third-order valence-corrected chi connectivity index (χ3v) is 4.39. The molecule has 7 nitrogen and oxygen atoms in total. The molecule has 2 heterocycles. The van der Waals surface area contributed by atoms with Crippen LogP contribution in [0.5, 0.6) is 17.2 Å². The van der Waals surface area contributed by atoms with Crippen molar-refractivity contribution in [1.82, 2.24) is 15.0 Å². The minimum atomic E-state index is -0.589. The lowest BCUT2D eigenvalue weighted by Crippen LogP contribution is -2.01. The third kappa shape index (κ3) is 3.83. The maximum Gasteiger partial charge on any atom is 0.176 e. The minimum Gasteiger partial charge on any atom is -0.493 e. The number of nitrogens with zero attached hydrogens (tertiary/aromatic N) is 2. The van der Waals surface area contributed by atoms with Crippen LogP contribution in [0.25, 0.3) is 33.7 Å². The lowest BCUT2D eigenvalue weighted by Gasteiger charge is -2.11. The summed E-state index contributed by atoms with van der Waals surface area (Å²) in [5.74, 6) is 1.82. The first kappa shape index (κ1) is 18.7. The molecule has 8 heteroatoms. The number of aromatic nitrogens is 3. The van der Waals surface area contributed by atoms with Gasteiger partial charge in [-0.25, -0.2) is 19.6 Å². The van der Waals surface area contributed by atoms with Crippen LogP contribution in [0.1, 0.15) is 0 Å². The number of hydrogen-bond donors (Lipinski definition) is 2. The van der Waals surface area contributed by atoms with Crippen LogP contribution in [0.2, 0.25) is 0 Å². The van der Waals surface area contributed by atoms with Gasteiger partial charge in [0, 0.05) is 22.7 Å². The monoisotopic (exact) mass is 395 g/mol. The van der Waals surface area contributed by atoms with E-state index in [1.165, 1.54) is 7.11 Å². The second-order valence-corrected chi connectivity index (χ2v) is 6.19. The molecule has 148 valence electrons. The van der Waals surface area contributed by atoms with Crippen LogP contribution in [0, 0.1) is 0 Å². The second-order valence-electron chi connectivity index (χ2n) is 6.19. The molecular formula is C21H18FN3O4. The lowest BCUT2D eigenvalue weighted by atomic mass is 10.1. The van der Waals surface area contributed by atoms with E-state index < -0.39 is 6.67 Å². The summed E-state index contributed by atoms with van der Waals surface area (Å²) in [4.78, 5) is 16.5. The van der Waals surface area contributed by atoms with Gasteiger partial charge in [0.1, 0.15) is 13.3 Å². The number of aromatic amines is 1. The Labute approximate surface area is 165 Å². The van der Waals surface area contributed by atoms with Crippen molar-refractivity contribution in [3.63, 3.8) is 0 Å². The van der Waals surface area contributed by atoms with E-state index in [0.29, 0.717) is 28.8 Å². The van der Waals surface area contributed by atoms with Crippen molar-refractivity contribution in [2.75, 3.05) is 20.4 Å². The summed E-state index contributed by atoms with van der Waals surface area (Å²) in [6, 6.07) is 14.2. The van der Waals surface area contributed by atoms with E-state index >= 15 is 0 Å². The highest BCUT2D eigenvalue weighted by atomic mass is 19.1. The van der Waals surface area contributed by atoms with E-state index in [9.17, 15) is 4.39 Å². The normalized spacial score (nSPS) is 10.9. The molecule has 0 radical (unpaired) electrons. The SMILES string of the molecule is COc1ccc(-c2ccnc(-c3cc4cc(OO)ccc4[nH]3)n2)cc1OCCF. The van der Waals surface area contributed by atoms with Crippen molar-refractivity contribution in [2.24, 2.45) is 0 Å². The van der Waals surface area contributed by atoms with Crippen molar-refractivity contribution in [3.05, 3.63) is 54.7 Å². The molecule has 0 spiro atoms. The first-order valence-electron chi connectivity index (χ1n) is 8.86. The Kier molecular flexibility index (Phi) is 5.26. The fourth-order valence-electron chi connectivity index (χ4n) is 3.03. The van der Waals surface area contributed by atoms with Crippen LogP contribution >= 0.6 is 0 Å². The van der Waals surface area contributed by atoms with Gasteiger partial charge in [0.25, 0.3) is 0 Å². The van der Waals surface area contributed by atoms with E-state index in [0.717, 1.165) is 22.2 Å². The molecule has 0 atom stereocenters. The molecule has 0 saturated heterocycles. The quantitative estimate of drug-likeness (QED) is 0.354. The van der Waals surface area contributed by atoms with Crippen LogP contribution in [-0.4, -0.2) is 40.6 Å². The van der Waals surface area contributed by atoms with E-state index in [1.54, 1.807) is 42.6 Å². The highest BCUT2D eigenvalue weighted by Crippen LogP contribution is 2.33. The average Bonchev–Trinajstić information content (AvgIpc) is 3.21. The molecular weight excluding hydrogens is 377 g/mol. The Hall–Kier alpha value is -3.65. The topological polar surface area (TPSA) is 89.5 Å². The van der Waals surface area contributed by atoms with E-state index in [2.05, 4.69) is 19.8 Å². The molecule has 2 aromatic heterocycles. The third-order valence-electron chi connectivity index (χ3n) is 4.39. The standard InChI is InChI=1S/C21H18FN3O4/c1-27-19-5-2-13(12-20(19)28-9-7-22)17-6-8-23-21(25-17)18-11-14-10-15(29-26)3-4-16(14)24-18/h2-6,8,10-12,24,26H,7,9H2,1H3. The zero-order valence-electron chi connectivity index (χ0n) is 15.6. The fourth-order valence-corrected chi connectivity index (χ4v) is 3.03. The average molecular weight is 395 g/mol. The van der Waals surface area contributed by atoms with Gasteiger partial charge in [-0.3, -0.25) is 0 Å². The molecule has 4 aromatic rings. The molecule has 2 aromatic carbocycles. The number of benzene rings is 2. The van der Waals surface area contributed by atoms with Crippen LogP contribution < -0.4 is 14.4 Å². The zero-order chi connectivity index (χ0) is 20.2. The van der Waals surface area contributed by atoms with Gasteiger partial charge in [0.15, 0.2) is 23.1 Å². The van der Waals surface area contributed by atoms with Crippen molar-refractivity contribution >= 4 is 10.9 Å². The van der Waals surface area contributed by atoms with Gasteiger partial charge in [0.05, 0.1) is 18.5 Å².